The van der Waals surface area contributed by atoms with Crippen molar-refractivity contribution < 1.29 is 4.74 Å². The number of rotatable bonds is 6. The van der Waals surface area contributed by atoms with Crippen molar-refractivity contribution in [2.45, 2.75) is 26.3 Å². The van der Waals surface area contributed by atoms with Crippen LogP contribution >= 0.6 is 11.6 Å². The van der Waals surface area contributed by atoms with E-state index in [0.29, 0.717) is 5.88 Å². The molecule has 1 rings (SSSR count). The van der Waals surface area contributed by atoms with Crippen molar-refractivity contribution in [3.63, 3.8) is 0 Å². The minimum Gasteiger partial charge on any atom is -0.493 e. The van der Waals surface area contributed by atoms with E-state index in [9.17, 15) is 0 Å². The molecule has 0 unspecified atom stereocenters. The molecule has 0 saturated heterocycles. The van der Waals surface area contributed by atoms with Crippen LogP contribution in [-0.2, 0) is 6.54 Å². The Morgan fingerprint density at radius 1 is 1.60 bits per heavy atom. The van der Waals surface area contributed by atoms with Crippen molar-refractivity contribution in [1.29, 1.82) is 0 Å². The average molecular weight is 229 g/mol. The monoisotopic (exact) mass is 228 g/mol. The molecule has 1 aromatic rings. The highest BCUT2D eigenvalue weighted by molar-refractivity contribution is 6.17. The predicted molar refractivity (Wildman–Crippen MR) is 63.4 cm³/mol. The number of aryl methyl sites for hydroxylation is 1. The molecule has 0 saturated carbocycles. The standard InChI is InChI=1S/C11H17ClN2O/c1-3-8-14-10(6-4-5-7-12)11(15-2)9-13-14/h4,6,9H,3,5,7-8H2,1-2H3/b6-4+. The maximum absolute atomic E-state index is 5.61. The summed E-state index contributed by atoms with van der Waals surface area (Å²) in [6, 6.07) is 0. The third-order valence-corrected chi connectivity index (χ3v) is 2.27. The fourth-order valence-electron chi connectivity index (χ4n) is 1.35. The zero-order chi connectivity index (χ0) is 11.1. The smallest absolute Gasteiger partial charge is 0.164 e. The van der Waals surface area contributed by atoms with Crippen molar-refractivity contribution >= 4 is 17.7 Å². The zero-order valence-electron chi connectivity index (χ0n) is 9.24. The lowest BCUT2D eigenvalue weighted by Gasteiger charge is -2.03. The van der Waals surface area contributed by atoms with Gasteiger partial charge in [0.15, 0.2) is 5.75 Å². The fourth-order valence-corrected chi connectivity index (χ4v) is 1.48. The summed E-state index contributed by atoms with van der Waals surface area (Å²) in [7, 11) is 1.66. The van der Waals surface area contributed by atoms with Crippen LogP contribution in [0.2, 0.25) is 0 Å². The number of aromatic nitrogens is 2. The van der Waals surface area contributed by atoms with Gasteiger partial charge in [0, 0.05) is 12.4 Å². The number of hydrogen-bond donors (Lipinski definition) is 0. The van der Waals surface area contributed by atoms with Gasteiger partial charge in [0.05, 0.1) is 13.3 Å². The van der Waals surface area contributed by atoms with Gasteiger partial charge in [0.1, 0.15) is 5.69 Å². The molecule has 84 valence electrons. The highest BCUT2D eigenvalue weighted by atomic mass is 35.5. The first-order valence-electron chi connectivity index (χ1n) is 5.15. The van der Waals surface area contributed by atoms with Crippen LogP contribution in [0.15, 0.2) is 12.3 Å². The molecule has 1 aromatic heterocycles. The SMILES string of the molecule is CCCn1ncc(OC)c1/C=C/CCCl. The van der Waals surface area contributed by atoms with Gasteiger partial charge in [-0.05, 0) is 18.9 Å². The van der Waals surface area contributed by atoms with Crippen LogP contribution in [0, 0.1) is 0 Å². The molecule has 3 nitrogen and oxygen atoms in total. The number of allylic oxidation sites excluding steroid dienone is 1. The lowest BCUT2D eigenvalue weighted by atomic mass is 10.3. The fraction of sp³-hybridized carbons (Fsp3) is 0.545. The minimum absolute atomic E-state index is 0.640. The minimum atomic E-state index is 0.640. The molecule has 15 heavy (non-hydrogen) atoms. The number of ether oxygens (including phenoxy) is 1. The van der Waals surface area contributed by atoms with Gasteiger partial charge >= 0.3 is 0 Å². The summed E-state index contributed by atoms with van der Waals surface area (Å²) >= 11 is 5.61. The molecular weight excluding hydrogens is 212 g/mol. The lowest BCUT2D eigenvalue weighted by Crippen LogP contribution is -2.01. The summed E-state index contributed by atoms with van der Waals surface area (Å²) < 4.78 is 7.18. The Balaban J connectivity index is 2.84. The number of halogens is 1. The molecule has 0 spiro atoms. The Hall–Kier alpha value is -0.960. The van der Waals surface area contributed by atoms with E-state index in [1.807, 2.05) is 16.8 Å². The van der Waals surface area contributed by atoms with Gasteiger partial charge in [-0.25, -0.2) is 0 Å². The van der Waals surface area contributed by atoms with Crippen LogP contribution in [0.3, 0.4) is 0 Å². The van der Waals surface area contributed by atoms with Crippen LogP contribution in [0.5, 0.6) is 5.75 Å². The molecule has 0 fully saturated rings. The van der Waals surface area contributed by atoms with Crippen LogP contribution in [0.1, 0.15) is 25.5 Å². The van der Waals surface area contributed by atoms with E-state index >= 15 is 0 Å². The largest absolute Gasteiger partial charge is 0.493 e. The molecule has 0 amide bonds. The van der Waals surface area contributed by atoms with E-state index in [-0.39, 0.29) is 0 Å². The molecule has 0 aliphatic heterocycles. The van der Waals surface area contributed by atoms with Crippen LogP contribution in [0.25, 0.3) is 6.08 Å². The summed E-state index contributed by atoms with van der Waals surface area (Å²) in [5.74, 6) is 1.45. The van der Waals surface area contributed by atoms with Gasteiger partial charge in [-0.2, -0.15) is 5.10 Å². The lowest BCUT2D eigenvalue weighted by molar-refractivity contribution is 0.412. The summed E-state index contributed by atoms with van der Waals surface area (Å²) in [5.41, 5.74) is 1.02. The average Bonchev–Trinajstić information content (AvgIpc) is 2.62. The van der Waals surface area contributed by atoms with E-state index in [4.69, 9.17) is 16.3 Å². The second-order valence-electron chi connectivity index (χ2n) is 3.20. The molecule has 0 N–H and O–H groups in total. The third-order valence-electron chi connectivity index (χ3n) is 2.05. The highest BCUT2D eigenvalue weighted by Crippen LogP contribution is 2.19. The Morgan fingerprint density at radius 2 is 2.40 bits per heavy atom. The van der Waals surface area contributed by atoms with Crippen LogP contribution in [0.4, 0.5) is 0 Å². The molecule has 0 bridgehead atoms. The van der Waals surface area contributed by atoms with Gasteiger partial charge in [0.25, 0.3) is 0 Å². The van der Waals surface area contributed by atoms with E-state index in [0.717, 1.165) is 30.8 Å². The molecule has 0 radical (unpaired) electrons. The quantitative estimate of drug-likeness (QED) is 0.700. The summed E-state index contributed by atoms with van der Waals surface area (Å²) in [4.78, 5) is 0. The zero-order valence-corrected chi connectivity index (χ0v) is 10.00. The van der Waals surface area contributed by atoms with E-state index in [2.05, 4.69) is 12.0 Å². The van der Waals surface area contributed by atoms with E-state index < -0.39 is 0 Å². The van der Waals surface area contributed by atoms with Crippen molar-refractivity contribution in [1.82, 2.24) is 9.78 Å². The second kappa shape index (κ2) is 6.51. The molecular formula is C11H17ClN2O. The molecule has 1 heterocycles. The van der Waals surface area contributed by atoms with Gasteiger partial charge in [-0.3, -0.25) is 4.68 Å². The van der Waals surface area contributed by atoms with Crippen molar-refractivity contribution in [3.05, 3.63) is 18.0 Å². The molecule has 4 heteroatoms. The topological polar surface area (TPSA) is 27.1 Å². The number of alkyl halides is 1. The van der Waals surface area contributed by atoms with E-state index in [1.165, 1.54) is 0 Å². The first-order chi connectivity index (χ1) is 7.33. The predicted octanol–water partition coefficient (Wildman–Crippen LogP) is 2.94. The van der Waals surface area contributed by atoms with E-state index in [1.54, 1.807) is 13.3 Å². The van der Waals surface area contributed by atoms with Crippen molar-refractivity contribution in [2.24, 2.45) is 0 Å². The normalized spacial score (nSPS) is 11.1. The Labute approximate surface area is 95.7 Å². The summed E-state index contributed by atoms with van der Waals surface area (Å²) in [5, 5.41) is 4.26. The first-order valence-corrected chi connectivity index (χ1v) is 5.69. The van der Waals surface area contributed by atoms with Gasteiger partial charge in [-0.15, -0.1) is 11.6 Å². The van der Waals surface area contributed by atoms with Gasteiger partial charge in [0.2, 0.25) is 0 Å². The number of hydrogen-bond acceptors (Lipinski definition) is 2. The van der Waals surface area contributed by atoms with Gasteiger partial charge in [-0.1, -0.05) is 13.0 Å². The maximum Gasteiger partial charge on any atom is 0.164 e. The van der Waals surface area contributed by atoms with Crippen molar-refractivity contribution in [2.75, 3.05) is 13.0 Å². The third kappa shape index (κ3) is 3.27. The summed E-state index contributed by atoms with van der Waals surface area (Å²) in [6.07, 6.45) is 7.72. The molecule has 0 aromatic carbocycles. The second-order valence-corrected chi connectivity index (χ2v) is 3.58. The van der Waals surface area contributed by atoms with Crippen LogP contribution in [-0.4, -0.2) is 22.8 Å². The molecule has 0 aliphatic rings. The Bertz CT molecular complexity index is 320. The summed E-state index contributed by atoms with van der Waals surface area (Å²) in [6.45, 7) is 3.03. The molecule has 0 aliphatic carbocycles. The Morgan fingerprint density at radius 3 is 3.00 bits per heavy atom. The maximum atomic E-state index is 5.61. The van der Waals surface area contributed by atoms with Crippen molar-refractivity contribution in [3.8, 4) is 5.75 Å². The first kappa shape index (κ1) is 12.1. The Kier molecular flexibility index (Phi) is 5.26. The highest BCUT2D eigenvalue weighted by Gasteiger charge is 2.06. The van der Waals surface area contributed by atoms with Gasteiger partial charge < -0.3 is 4.74 Å². The van der Waals surface area contributed by atoms with Crippen LogP contribution < -0.4 is 4.74 Å². The number of nitrogens with zero attached hydrogens (tertiary/aromatic N) is 2. The number of methoxy groups -OCH3 is 1. The molecule has 0 atom stereocenters.